The lowest BCUT2D eigenvalue weighted by atomic mass is 9.87. The molecule has 0 aromatic heterocycles. The third-order valence-corrected chi connectivity index (χ3v) is 2.24. The summed E-state index contributed by atoms with van der Waals surface area (Å²) in [5, 5.41) is 6.58. The Hall–Kier alpha value is -0.0800. The minimum atomic E-state index is 0.215. The number of hydrogen-bond donors (Lipinski definition) is 2. The molecule has 0 fully saturated rings. The van der Waals surface area contributed by atoms with Crippen LogP contribution in [0.2, 0.25) is 0 Å². The monoisotopic (exact) mass is 158 g/mol. The second-order valence-corrected chi connectivity index (χ2v) is 4.44. The van der Waals surface area contributed by atoms with Gasteiger partial charge in [0.15, 0.2) is 0 Å². The molecule has 0 amide bonds. The molecule has 2 heteroatoms. The van der Waals surface area contributed by atoms with Crippen molar-refractivity contribution in [2.24, 2.45) is 0 Å². The Balaban J connectivity index is 4.02. The lowest BCUT2D eigenvalue weighted by molar-refractivity contribution is 0.273. The summed E-state index contributed by atoms with van der Waals surface area (Å²) >= 11 is 0. The zero-order chi connectivity index (χ0) is 9.12. The molecule has 0 unspecified atom stereocenters. The summed E-state index contributed by atoms with van der Waals surface area (Å²) < 4.78 is 0. The van der Waals surface area contributed by atoms with Gasteiger partial charge in [-0.2, -0.15) is 0 Å². The van der Waals surface area contributed by atoms with Crippen molar-refractivity contribution < 1.29 is 0 Å². The lowest BCUT2D eigenvalue weighted by Gasteiger charge is -2.34. The van der Waals surface area contributed by atoms with Gasteiger partial charge in [0.05, 0.1) is 0 Å². The van der Waals surface area contributed by atoms with Gasteiger partial charge in [0.2, 0.25) is 0 Å². The highest BCUT2D eigenvalue weighted by atomic mass is 15.0. The highest BCUT2D eigenvalue weighted by Gasteiger charge is 2.25. The van der Waals surface area contributed by atoms with Crippen LogP contribution in [0, 0.1) is 0 Å². The van der Waals surface area contributed by atoms with Gasteiger partial charge in [-0.3, -0.25) is 0 Å². The molecule has 68 valence electrons. The van der Waals surface area contributed by atoms with Crippen molar-refractivity contribution in [1.82, 2.24) is 10.6 Å². The molecule has 0 aliphatic heterocycles. The van der Waals surface area contributed by atoms with Crippen LogP contribution >= 0.6 is 0 Å². The minimum Gasteiger partial charge on any atom is -0.315 e. The average Bonchev–Trinajstić information content (AvgIpc) is 1.86. The smallest absolute Gasteiger partial charge is 0.0139 e. The van der Waals surface area contributed by atoms with E-state index in [0.29, 0.717) is 0 Å². The summed E-state index contributed by atoms with van der Waals surface area (Å²) in [6.45, 7) is 8.86. The van der Waals surface area contributed by atoms with Crippen LogP contribution in [0.1, 0.15) is 34.1 Å². The average molecular weight is 158 g/mol. The summed E-state index contributed by atoms with van der Waals surface area (Å²) in [6, 6.07) is 0. The van der Waals surface area contributed by atoms with Crippen LogP contribution in [0.3, 0.4) is 0 Å². The lowest BCUT2D eigenvalue weighted by Crippen LogP contribution is -2.48. The van der Waals surface area contributed by atoms with Gasteiger partial charge in [-0.1, -0.05) is 0 Å². The molecule has 0 rings (SSSR count). The molecule has 0 aliphatic rings. The molecule has 0 radical (unpaired) electrons. The zero-order valence-electron chi connectivity index (χ0n) is 8.71. The summed E-state index contributed by atoms with van der Waals surface area (Å²) in [7, 11) is 4.01. The van der Waals surface area contributed by atoms with E-state index < -0.39 is 0 Å². The number of nitrogens with one attached hydrogen (secondary N) is 2. The van der Waals surface area contributed by atoms with Gasteiger partial charge in [0, 0.05) is 11.1 Å². The number of hydrogen-bond acceptors (Lipinski definition) is 2. The minimum absolute atomic E-state index is 0.215. The normalized spacial score (nSPS) is 13.6. The quantitative estimate of drug-likeness (QED) is 0.646. The van der Waals surface area contributed by atoms with Crippen LogP contribution in [0.25, 0.3) is 0 Å². The standard InChI is InChI=1S/C9H22N2/c1-8(2,10-5)7-9(3,4)11-6/h10-11H,7H2,1-6H3. The largest absolute Gasteiger partial charge is 0.315 e. The van der Waals surface area contributed by atoms with Crippen molar-refractivity contribution in [3.8, 4) is 0 Å². The van der Waals surface area contributed by atoms with Crippen LogP contribution in [0.5, 0.6) is 0 Å². The van der Waals surface area contributed by atoms with Crippen LogP contribution in [0.4, 0.5) is 0 Å². The Kier molecular flexibility index (Phi) is 3.52. The van der Waals surface area contributed by atoms with Crippen molar-refractivity contribution in [2.75, 3.05) is 14.1 Å². The Labute approximate surface area is 70.8 Å². The van der Waals surface area contributed by atoms with Crippen LogP contribution in [-0.4, -0.2) is 25.2 Å². The Morgan fingerprint density at radius 2 is 1.09 bits per heavy atom. The van der Waals surface area contributed by atoms with Gasteiger partial charge in [-0.05, 0) is 48.2 Å². The van der Waals surface area contributed by atoms with E-state index in [0.717, 1.165) is 6.42 Å². The predicted octanol–water partition coefficient (Wildman–Crippen LogP) is 1.37. The van der Waals surface area contributed by atoms with E-state index in [1.807, 2.05) is 14.1 Å². The van der Waals surface area contributed by atoms with E-state index in [1.54, 1.807) is 0 Å². The first-order chi connectivity index (χ1) is 4.83. The molecule has 2 nitrogen and oxygen atoms in total. The van der Waals surface area contributed by atoms with Gasteiger partial charge in [0.25, 0.3) is 0 Å². The Morgan fingerprint density at radius 3 is 1.27 bits per heavy atom. The summed E-state index contributed by atoms with van der Waals surface area (Å²) in [6.07, 6.45) is 1.12. The van der Waals surface area contributed by atoms with Crippen molar-refractivity contribution in [1.29, 1.82) is 0 Å². The molecule has 2 N–H and O–H groups in total. The van der Waals surface area contributed by atoms with Gasteiger partial charge >= 0.3 is 0 Å². The summed E-state index contributed by atoms with van der Waals surface area (Å²) in [5.41, 5.74) is 0.430. The highest BCUT2D eigenvalue weighted by Crippen LogP contribution is 2.18. The third kappa shape index (κ3) is 4.38. The van der Waals surface area contributed by atoms with Crippen molar-refractivity contribution in [2.45, 2.75) is 45.2 Å². The van der Waals surface area contributed by atoms with E-state index >= 15 is 0 Å². The molecule has 0 atom stereocenters. The van der Waals surface area contributed by atoms with Crippen molar-refractivity contribution in [3.63, 3.8) is 0 Å². The van der Waals surface area contributed by atoms with Gasteiger partial charge in [0.1, 0.15) is 0 Å². The predicted molar refractivity (Wildman–Crippen MR) is 50.9 cm³/mol. The van der Waals surface area contributed by atoms with E-state index in [-0.39, 0.29) is 11.1 Å². The van der Waals surface area contributed by atoms with Gasteiger partial charge in [-0.15, -0.1) is 0 Å². The van der Waals surface area contributed by atoms with Crippen LogP contribution in [0.15, 0.2) is 0 Å². The maximum atomic E-state index is 3.29. The van der Waals surface area contributed by atoms with Crippen molar-refractivity contribution >= 4 is 0 Å². The molecule has 11 heavy (non-hydrogen) atoms. The SMILES string of the molecule is CNC(C)(C)CC(C)(C)NC. The van der Waals surface area contributed by atoms with E-state index in [2.05, 4.69) is 38.3 Å². The second-order valence-electron chi connectivity index (χ2n) is 4.44. The van der Waals surface area contributed by atoms with E-state index in [1.165, 1.54) is 0 Å². The second kappa shape index (κ2) is 3.55. The first-order valence-corrected chi connectivity index (χ1v) is 4.21. The third-order valence-electron chi connectivity index (χ3n) is 2.24. The van der Waals surface area contributed by atoms with E-state index in [4.69, 9.17) is 0 Å². The topological polar surface area (TPSA) is 24.1 Å². The first-order valence-electron chi connectivity index (χ1n) is 4.21. The zero-order valence-corrected chi connectivity index (χ0v) is 8.71. The molecule has 0 aromatic rings. The highest BCUT2D eigenvalue weighted by molar-refractivity contribution is 4.88. The fraction of sp³-hybridized carbons (Fsp3) is 1.00. The molecule has 0 saturated heterocycles. The molecular weight excluding hydrogens is 136 g/mol. The summed E-state index contributed by atoms with van der Waals surface area (Å²) in [5.74, 6) is 0. The number of rotatable bonds is 4. The van der Waals surface area contributed by atoms with Crippen molar-refractivity contribution in [3.05, 3.63) is 0 Å². The maximum Gasteiger partial charge on any atom is 0.0139 e. The van der Waals surface area contributed by atoms with Crippen LogP contribution in [-0.2, 0) is 0 Å². The summed E-state index contributed by atoms with van der Waals surface area (Å²) in [4.78, 5) is 0. The molecule has 0 bridgehead atoms. The van der Waals surface area contributed by atoms with E-state index in [9.17, 15) is 0 Å². The first kappa shape index (κ1) is 10.9. The Morgan fingerprint density at radius 1 is 0.818 bits per heavy atom. The van der Waals surface area contributed by atoms with Crippen LogP contribution < -0.4 is 10.6 Å². The maximum absolute atomic E-state index is 3.29. The Bertz CT molecular complexity index is 103. The molecule has 0 saturated carbocycles. The van der Waals surface area contributed by atoms with Gasteiger partial charge < -0.3 is 10.6 Å². The molecule has 0 aromatic carbocycles. The fourth-order valence-electron chi connectivity index (χ4n) is 1.28. The molecule has 0 heterocycles. The molecular formula is C9H22N2. The fourth-order valence-corrected chi connectivity index (χ4v) is 1.28. The van der Waals surface area contributed by atoms with Gasteiger partial charge in [-0.25, -0.2) is 0 Å². The molecule has 0 aliphatic carbocycles. The molecule has 0 spiro atoms.